The van der Waals surface area contributed by atoms with E-state index in [1.54, 1.807) is 12.1 Å². The zero-order valence-electron chi connectivity index (χ0n) is 10.5. The third-order valence-electron chi connectivity index (χ3n) is 2.62. The van der Waals surface area contributed by atoms with E-state index >= 15 is 0 Å². The van der Waals surface area contributed by atoms with Gasteiger partial charge >= 0.3 is 0 Å². The third kappa shape index (κ3) is 2.83. The summed E-state index contributed by atoms with van der Waals surface area (Å²) in [5.41, 5.74) is 2.18. The van der Waals surface area contributed by atoms with Crippen molar-refractivity contribution in [3.63, 3.8) is 0 Å². The van der Waals surface area contributed by atoms with Crippen LogP contribution in [0.3, 0.4) is 0 Å². The van der Waals surface area contributed by atoms with Gasteiger partial charge in [0, 0.05) is 25.5 Å². The van der Waals surface area contributed by atoms with E-state index in [0.29, 0.717) is 12.3 Å². The van der Waals surface area contributed by atoms with Crippen LogP contribution in [0.5, 0.6) is 0 Å². The molecule has 0 bridgehead atoms. The fourth-order valence-corrected chi connectivity index (χ4v) is 1.60. The summed E-state index contributed by atoms with van der Waals surface area (Å²) in [4.78, 5) is 2.05. The molecule has 4 nitrogen and oxygen atoms in total. The summed E-state index contributed by atoms with van der Waals surface area (Å²) in [6.45, 7) is 0.572. The lowest BCUT2D eigenvalue weighted by Crippen LogP contribution is -2.08. The molecule has 0 saturated carbocycles. The van der Waals surface area contributed by atoms with Crippen LogP contribution in [0.4, 0.5) is 11.4 Å². The van der Waals surface area contributed by atoms with Gasteiger partial charge in [0.2, 0.25) is 5.76 Å². The molecule has 1 N–H and O–H groups in total. The van der Waals surface area contributed by atoms with E-state index in [0.717, 1.165) is 17.1 Å². The second-order valence-electron chi connectivity index (χ2n) is 4.17. The molecule has 0 unspecified atom stereocenters. The van der Waals surface area contributed by atoms with Crippen LogP contribution in [0.2, 0.25) is 0 Å². The Hall–Kier alpha value is -2.41. The summed E-state index contributed by atoms with van der Waals surface area (Å²) >= 11 is 0. The summed E-state index contributed by atoms with van der Waals surface area (Å²) in [6.07, 6.45) is 0. The summed E-state index contributed by atoms with van der Waals surface area (Å²) in [5, 5.41) is 11.9. The van der Waals surface area contributed by atoms with Crippen molar-refractivity contribution in [2.24, 2.45) is 0 Å². The molecule has 2 rings (SSSR count). The largest absolute Gasteiger partial charge is 0.449 e. The number of nitrogens with one attached hydrogen (secondary N) is 1. The molecule has 92 valence electrons. The van der Waals surface area contributed by atoms with E-state index in [9.17, 15) is 0 Å². The molecule has 0 atom stereocenters. The highest BCUT2D eigenvalue weighted by Crippen LogP contribution is 2.16. The molecule has 1 aromatic heterocycles. The van der Waals surface area contributed by atoms with Crippen LogP contribution in [0.25, 0.3) is 0 Å². The van der Waals surface area contributed by atoms with Crippen molar-refractivity contribution >= 4 is 11.4 Å². The molecule has 0 fully saturated rings. The first-order chi connectivity index (χ1) is 8.69. The second-order valence-corrected chi connectivity index (χ2v) is 4.17. The molecular formula is C14H15N3O. The van der Waals surface area contributed by atoms with Crippen LogP contribution in [-0.2, 0) is 6.54 Å². The summed E-state index contributed by atoms with van der Waals surface area (Å²) in [7, 11) is 4.02. The number of anilines is 2. The Balaban J connectivity index is 1.96. The van der Waals surface area contributed by atoms with Gasteiger partial charge in [-0.2, -0.15) is 5.26 Å². The number of hydrogen-bond acceptors (Lipinski definition) is 4. The van der Waals surface area contributed by atoms with Crippen LogP contribution in [0.15, 0.2) is 40.8 Å². The minimum Gasteiger partial charge on any atom is -0.449 e. The van der Waals surface area contributed by atoms with Crippen molar-refractivity contribution in [1.82, 2.24) is 0 Å². The number of furan rings is 1. The van der Waals surface area contributed by atoms with Crippen LogP contribution in [0, 0.1) is 11.3 Å². The van der Waals surface area contributed by atoms with Gasteiger partial charge in [-0.25, -0.2) is 0 Å². The van der Waals surface area contributed by atoms with E-state index in [1.165, 1.54) is 0 Å². The molecule has 1 aromatic carbocycles. The molecule has 0 saturated heterocycles. The monoisotopic (exact) mass is 241 g/mol. The molecule has 2 aromatic rings. The average Bonchev–Trinajstić information content (AvgIpc) is 2.85. The quantitative estimate of drug-likeness (QED) is 0.894. The van der Waals surface area contributed by atoms with E-state index in [-0.39, 0.29) is 0 Å². The number of rotatable bonds is 4. The summed E-state index contributed by atoms with van der Waals surface area (Å²) in [5.74, 6) is 1.10. The van der Waals surface area contributed by atoms with Crippen molar-refractivity contribution in [2.45, 2.75) is 6.54 Å². The lowest BCUT2D eigenvalue weighted by Gasteiger charge is -2.13. The minimum absolute atomic E-state index is 0.342. The van der Waals surface area contributed by atoms with Crippen molar-refractivity contribution in [1.29, 1.82) is 5.26 Å². The van der Waals surface area contributed by atoms with Crippen molar-refractivity contribution in [3.8, 4) is 6.07 Å². The fraction of sp³-hybridized carbons (Fsp3) is 0.214. The highest BCUT2D eigenvalue weighted by atomic mass is 16.3. The van der Waals surface area contributed by atoms with Gasteiger partial charge in [-0.1, -0.05) is 0 Å². The van der Waals surface area contributed by atoms with Gasteiger partial charge in [0.15, 0.2) is 0 Å². The van der Waals surface area contributed by atoms with E-state index in [2.05, 4.69) is 10.2 Å². The highest BCUT2D eigenvalue weighted by Gasteiger charge is 2.01. The van der Waals surface area contributed by atoms with E-state index in [1.807, 2.05) is 44.4 Å². The minimum atomic E-state index is 0.342. The first kappa shape index (κ1) is 12.1. The lowest BCUT2D eigenvalue weighted by molar-refractivity contribution is 0.506. The number of hydrogen-bond donors (Lipinski definition) is 1. The maximum atomic E-state index is 8.65. The molecular weight excluding hydrogens is 226 g/mol. The topological polar surface area (TPSA) is 52.2 Å². The van der Waals surface area contributed by atoms with Gasteiger partial charge in [0.05, 0.1) is 6.54 Å². The Labute approximate surface area is 106 Å². The predicted octanol–water partition coefficient (Wildman–Crippen LogP) is 2.83. The predicted molar refractivity (Wildman–Crippen MR) is 71.5 cm³/mol. The Morgan fingerprint density at radius 1 is 1.17 bits per heavy atom. The first-order valence-electron chi connectivity index (χ1n) is 5.69. The van der Waals surface area contributed by atoms with Gasteiger partial charge in [0.25, 0.3) is 0 Å². The Kier molecular flexibility index (Phi) is 3.54. The van der Waals surface area contributed by atoms with E-state index < -0.39 is 0 Å². The standard InChI is InChI=1S/C14H15N3O/c1-17(2)12-5-3-11(4-6-12)16-10-14-8-7-13(9-15)18-14/h3-8,16H,10H2,1-2H3. The zero-order valence-corrected chi connectivity index (χ0v) is 10.5. The normalized spacial score (nSPS) is 9.83. The molecule has 4 heteroatoms. The van der Waals surface area contributed by atoms with Gasteiger partial charge in [-0.15, -0.1) is 0 Å². The first-order valence-corrected chi connectivity index (χ1v) is 5.69. The van der Waals surface area contributed by atoms with Crippen LogP contribution < -0.4 is 10.2 Å². The maximum Gasteiger partial charge on any atom is 0.203 e. The number of benzene rings is 1. The number of nitrogens with zero attached hydrogens (tertiary/aromatic N) is 2. The molecule has 0 aliphatic heterocycles. The second kappa shape index (κ2) is 5.28. The Morgan fingerprint density at radius 2 is 1.89 bits per heavy atom. The van der Waals surface area contributed by atoms with Gasteiger partial charge in [-0.3, -0.25) is 0 Å². The third-order valence-corrected chi connectivity index (χ3v) is 2.62. The molecule has 0 aliphatic rings. The summed E-state index contributed by atoms with van der Waals surface area (Å²) in [6, 6.07) is 13.6. The molecule has 1 heterocycles. The molecule has 0 spiro atoms. The van der Waals surface area contributed by atoms with Crippen LogP contribution >= 0.6 is 0 Å². The molecule has 0 aliphatic carbocycles. The van der Waals surface area contributed by atoms with Crippen molar-refractivity contribution in [2.75, 3.05) is 24.3 Å². The highest BCUT2D eigenvalue weighted by molar-refractivity contribution is 5.54. The van der Waals surface area contributed by atoms with Gasteiger partial charge in [0.1, 0.15) is 11.8 Å². The fourth-order valence-electron chi connectivity index (χ4n) is 1.60. The molecule has 0 amide bonds. The smallest absolute Gasteiger partial charge is 0.203 e. The van der Waals surface area contributed by atoms with Gasteiger partial charge in [-0.05, 0) is 36.4 Å². The summed E-state index contributed by atoms with van der Waals surface area (Å²) < 4.78 is 5.28. The SMILES string of the molecule is CN(C)c1ccc(NCc2ccc(C#N)o2)cc1. The van der Waals surface area contributed by atoms with E-state index in [4.69, 9.17) is 9.68 Å². The Morgan fingerprint density at radius 3 is 2.44 bits per heavy atom. The maximum absolute atomic E-state index is 8.65. The Bertz CT molecular complexity index is 549. The van der Waals surface area contributed by atoms with Crippen LogP contribution in [-0.4, -0.2) is 14.1 Å². The van der Waals surface area contributed by atoms with Crippen molar-refractivity contribution in [3.05, 3.63) is 47.9 Å². The lowest BCUT2D eigenvalue weighted by atomic mass is 10.2. The number of nitriles is 1. The average molecular weight is 241 g/mol. The zero-order chi connectivity index (χ0) is 13.0. The molecule has 0 radical (unpaired) electrons. The van der Waals surface area contributed by atoms with Crippen LogP contribution in [0.1, 0.15) is 11.5 Å². The van der Waals surface area contributed by atoms with Crippen molar-refractivity contribution < 1.29 is 4.42 Å². The molecule has 18 heavy (non-hydrogen) atoms. The van der Waals surface area contributed by atoms with Gasteiger partial charge < -0.3 is 14.6 Å².